The zero-order valence-electron chi connectivity index (χ0n) is 12.0. The average molecular weight is 254 g/mol. The zero-order valence-corrected chi connectivity index (χ0v) is 12.0. The van der Waals surface area contributed by atoms with Crippen LogP contribution in [0.2, 0.25) is 0 Å². The van der Waals surface area contributed by atoms with E-state index in [1.54, 1.807) is 0 Å². The summed E-state index contributed by atoms with van der Waals surface area (Å²) >= 11 is 0. The van der Waals surface area contributed by atoms with Gasteiger partial charge >= 0.3 is 0 Å². The van der Waals surface area contributed by atoms with Gasteiger partial charge in [0.05, 0.1) is 6.61 Å². The Labute approximate surface area is 112 Å². The second-order valence-electron chi connectivity index (χ2n) is 6.11. The Morgan fingerprint density at radius 2 is 1.83 bits per heavy atom. The largest absolute Gasteiger partial charge is 0.380 e. The highest BCUT2D eigenvalue weighted by Crippen LogP contribution is 2.28. The highest BCUT2D eigenvalue weighted by atomic mass is 16.5. The molecule has 0 unspecified atom stereocenters. The van der Waals surface area contributed by atoms with Crippen molar-refractivity contribution in [3.8, 4) is 0 Å². The molecule has 0 aromatic rings. The van der Waals surface area contributed by atoms with Crippen molar-refractivity contribution in [2.45, 2.75) is 51.0 Å². The van der Waals surface area contributed by atoms with E-state index < -0.39 is 0 Å². The molecule has 2 rings (SSSR count). The van der Waals surface area contributed by atoms with E-state index in [1.165, 1.54) is 44.9 Å². The fourth-order valence-corrected chi connectivity index (χ4v) is 2.63. The normalized spacial score (nSPS) is 21.7. The number of ether oxygens (including phenoxy) is 1. The highest BCUT2D eigenvalue weighted by Gasteiger charge is 2.20. The number of nitrogens with zero attached hydrogens (tertiary/aromatic N) is 1. The van der Waals surface area contributed by atoms with Gasteiger partial charge in [0, 0.05) is 32.3 Å². The molecule has 2 aliphatic rings. The lowest BCUT2D eigenvalue weighted by atomic mass is 9.95. The summed E-state index contributed by atoms with van der Waals surface area (Å²) in [5.74, 6) is 0.892. The summed E-state index contributed by atoms with van der Waals surface area (Å²) in [7, 11) is 2.20. The SMILES string of the molecule is CN(CCNC1CCCCC1)CCOCC1CC1. The molecular weight excluding hydrogens is 224 g/mol. The van der Waals surface area contributed by atoms with Gasteiger partial charge in [-0.1, -0.05) is 19.3 Å². The Bertz CT molecular complexity index is 213. The van der Waals surface area contributed by atoms with Gasteiger partial charge in [-0.3, -0.25) is 0 Å². The van der Waals surface area contributed by atoms with Gasteiger partial charge < -0.3 is 15.0 Å². The van der Waals surface area contributed by atoms with Crippen molar-refractivity contribution >= 4 is 0 Å². The van der Waals surface area contributed by atoms with Crippen molar-refractivity contribution in [1.29, 1.82) is 0 Å². The minimum atomic E-state index is 0.790. The summed E-state index contributed by atoms with van der Waals surface area (Å²) in [5.41, 5.74) is 0. The lowest BCUT2D eigenvalue weighted by Gasteiger charge is -2.24. The molecule has 3 nitrogen and oxygen atoms in total. The van der Waals surface area contributed by atoms with Gasteiger partial charge in [-0.25, -0.2) is 0 Å². The van der Waals surface area contributed by atoms with Gasteiger partial charge in [-0.2, -0.15) is 0 Å². The van der Waals surface area contributed by atoms with E-state index >= 15 is 0 Å². The smallest absolute Gasteiger partial charge is 0.0593 e. The molecule has 0 aromatic heterocycles. The van der Waals surface area contributed by atoms with Crippen molar-refractivity contribution < 1.29 is 4.74 Å². The van der Waals surface area contributed by atoms with Crippen LogP contribution in [0.25, 0.3) is 0 Å². The lowest BCUT2D eigenvalue weighted by molar-refractivity contribution is 0.103. The minimum Gasteiger partial charge on any atom is -0.380 e. The van der Waals surface area contributed by atoms with E-state index in [-0.39, 0.29) is 0 Å². The summed E-state index contributed by atoms with van der Waals surface area (Å²) in [6.45, 7) is 5.23. The molecule has 0 bridgehead atoms. The van der Waals surface area contributed by atoms with Crippen molar-refractivity contribution in [3.05, 3.63) is 0 Å². The number of hydrogen-bond acceptors (Lipinski definition) is 3. The molecule has 0 amide bonds. The van der Waals surface area contributed by atoms with E-state index in [9.17, 15) is 0 Å². The first kappa shape index (κ1) is 14.3. The Morgan fingerprint density at radius 1 is 1.06 bits per heavy atom. The van der Waals surface area contributed by atoms with Crippen LogP contribution in [0.5, 0.6) is 0 Å². The number of nitrogens with one attached hydrogen (secondary N) is 1. The maximum atomic E-state index is 5.66. The molecule has 1 N–H and O–H groups in total. The zero-order chi connectivity index (χ0) is 12.6. The third-order valence-corrected chi connectivity index (χ3v) is 4.20. The number of hydrogen-bond donors (Lipinski definition) is 1. The molecule has 2 aliphatic carbocycles. The molecule has 0 spiro atoms. The first-order valence-corrected chi connectivity index (χ1v) is 7.84. The predicted molar refractivity (Wildman–Crippen MR) is 75.9 cm³/mol. The van der Waals surface area contributed by atoms with Crippen LogP contribution in [0.3, 0.4) is 0 Å². The Kier molecular flexibility index (Phi) is 6.46. The monoisotopic (exact) mass is 254 g/mol. The van der Waals surface area contributed by atoms with Crippen molar-refractivity contribution in [2.24, 2.45) is 5.92 Å². The summed E-state index contributed by atoms with van der Waals surface area (Å²) in [5, 5.41) is 3.69. The van der Waals surface area contributed by atoms with Gasteiger partial charge in [-0.05, 0) is 38.6 Å². The molecular formula is C15H30N2O. The molecule has 0 saturated heterocycles. The summed E-state index contributed by atoms with van der Waals surface area (Å²) < 4.78 is 5.66. The van der Waals surface area contributed by atoms with E-state index in [2.05, 4.69) is 17.3 Å². The third kappa shape index (κ3) is 6.17. The number of likely N-dealkylation sites (N-methyl/N-ethyl adjacent to an activating group) is 1. The molecule has 0 atom stereocenters. The molecule has 0 radical (unpaired) electrons. The highest BCUT2D eigenvalue weighted by molar-refractivity contribution is 4.73. The minimum absolute atomic E-state index is 0.790. The molecule has 0 aliphatic heterocycles. The fraction of sp³-hybridized carbons (Fsp3) is 1.00. The Balaban J connectivity index is 1.39. The van der Waals surface area contributed by atoms with Gasteiger partial charge in [0.25, 0.3) is 0 Å². The predicted octanol–water partition coefficient (Wildman–Crippen LogP) is 2.27. The Morgan fingerprint density at radius 3 is 2.56 bits per heavy atom. The first-order chi connectivity index (χ1) is 8.84. The topological polar surface area (TPSA) is 24.5 Å². The van der Waals surface area contributed by atoms with Gasteiger partial charge in [0.1, 0.15) is 0 Å². The summed E-state index contributed by atoms with van der Waals surface area (Å²) in [6.07, 6.45) is 9.83. The van der Waals surface area contributed by atoms with Crippen molar-refractivity contribution in [3.63, 3.8) is 0 Å². The standard InChI is InChI=1S/C15H30N2O/c1-17(11-12-18-13-14-7-8-14)10-9-16-15-5-3-2-4-6-15/h14-16H,2-13H2,1H3. The molecule has 106 valence electrons. The van der Waals surface area contributed by atoms with Crippen LogP contribution < -0.4 is 5.32 Å². The first-order valence-electron chi connectivity index (χ1n) is 7.84. The Hall–Kier alpha value is -0.120. The average Bonchev–Trinajstić information content (AvgIpc) is 3.20. The van der Waals surface area contributed by atoms with Crippen LogP contribution in [0.1, 0.15) is 44.9 Å². The van der Waals surface area contributed by atoms with E-state index in [1.807, 2.05) is 0 Å². The van der Waals surface area contributed by atoms with E-state index in [4.69, 9.17) is 4.74 Å². The van der Waals surface area contributed by atoms with Crippen LogP contribution >= 0.6 is 0 Å². The molecule has 3 heteroatoms. The van der Waals surface area contributed by atoms with Crippen LogP contribution in [0, 0.1) is 5.92 Å². The molecule has 2 saturated carbocycles. The van der Waals surface area contributed by atoms with Gasteiger partial charge in [0.2, 0.25) is 0 Å². The van der Waals surface area contributed by atoms with Crippen molar-refractivity contribution in [2.75, 3.05) is 39.9 Å². The van der Waals surface area contributed by atoms with Crippen LogP contribution in [-0.2, 0) is 4.74 Å². The molecule has 0 aromatic carbocycles. The van der Waals surface area contributed by atoms with Crippen LogP contribution in [0.15, 0.2) is 0 Å². The van der Waals surface area contributed by atoms with E-state index in [0.29, 0.717) is 0 Å². The summed E-state index contributed by atoms with van der Waals surface area (Å²) in [6, 6.07) is 0.790. The fourth-order valence-electron chi connectivity index (χ4n) is 2.63. The van der Waals surface area contributed by atoms with Gasteiger partial charge in [-0.15, -0.1) is 0 Å². The summed E-state index contributed by atoms with van der Waals surface area (Å²) in [4.78, 5) is 2.38. The second kappa shape index (κ2) is 8.13. The number of rotatable bonds is 9. The van der Waals surface area contributed by atoms with Crippen LogP contribution in [-0.4, -0.2) is 50.8 Å². The maximum absolute atomic E-state index is 5.66. The lowest BCUT2D eigenvalue weighted by Crippen LogP contribution is -2.37. The molecule has 2 fully saturated rings. The quantitative estimate of drug-likeness (QED) is 0.639. The van der Waals surface area contributed by atoms with Crippen LogP contribution in [0.4, 0.5) is 0 Å². The second-order valence-corrected chi connectivity index (χ2v) is 6.11. The van der Waals surface area contributed by atoms with E-state index in [0.717, 1.165) is 44.8 Å². The third-order valence-electron chi connectivity index (χ3n) is 4.20. The molecule has 0 heterocycles. The maximum Gasteiger partial charge on any atom is 0.0593 e. The molecule has 18 heavy (non-hydrogen) atoms. The van der Waals surface area contributed by atoms with Gasteiger partial charge in [0.15, 0.2) is 0 Å². The van der Waals surface area contributed by atoms with Crippen molar-refractivity contribution in [1.82, 2.24) is 10.2 Å².